The number of rotatable bonds is 5. The third-order valence-electron chi connectivity index (χ3n) is 6.98. The molecule has 0 bridgehead atoms. The van der Waals surface area contributed by atoms with Gasteiger partial charge in [-0.25, -0.2) is 8.78 Å². The van der Waals surface area contributed by atoms with Crippen molar-refractivity contribution in [2.45, 2.75) is 151 Å². The molecule has 2 atom stereocenters. The van der Waals surface area contributed by atoms with Crippen molar-refractivity contribution in [3.63, 3.8) is 0 Å². The molecule has 0 radical (unpaired) electrons. The number of benzene rings is 2. The van der Waals surface area contributed by atoms with E-state index >= 15 is 0 Å². The van der Waals surface area contributed by atoms with E-state index in [-0.39, 0.29) is 79.2 Å². The first-order chi connectivity index (χ1) is 21.0. The van der Waals surface area contributed by atoms with Crippen LogP contribution in [0, 0.1) is 11.6 Å². The number of hydrogen-bond donors (Lipinski definition) is 0. The van der Waals surface area contributed by atoms with E-state index in [2.05, 4.69) is 45.7 Å². The van der Waals surface area contributed by atoms with Crippen LogP contribution in [0.15, 0.2) is 40.9 Å². The molecule has 0 N–H and O–H groups in total. The Labute approximate surface area is 305 Å². The van der Waals surface area contributed by atoms with Gasteiger partial charge in [0, 0.05) is 4.47 Å². The van der Waals surface area contributed by atoms with Crippen molar-refractivity contribution < 1.29 is 37.3 Å². The van der Waals surface area contributed by atoms with Gasteiger partial charge in [0.25, 0.3) is 0 Å². The van der Waals surface area contributed by atoms with E-state index in [0.717, 1.165) is 41.3 Å². The summed E-state index contributed by atoms with van der Waals surface area (Å²) in [6, 6.07) is 9.32. The quantitative estimate of drug-likeness (QED) is 0.221. The summed E-state index contributed by atoms with van der Waals surface area (Å²) in [6.45, 7) is 19.2. The van der Waals surface area contributed by atoms with Gasteiger partial charge in [-0.3, -0.25) is 9.59 Å². The van der Waals surface area contributed by atoms with Gasteiger partial charge in [0.1, 0.15) is 28.2 Å². The standard InChI is InChI=1S/C18H25FO3.C12H14BrFO.C6H11BrO2.2CH4/c1-17(2,3)22-16(20)11-12-10-13(19)6-7-14(12)15-8-9-18(4,5)21-15;1-12(2)6-5-11(15-12)9-4-3-8(14)7-10(9)13;1-6(2,3)9-5(8)4-7;;/h6-7,10,15H,8-9,11H2,1-5H3;3-4,7,11H,5-6H2,1-2H3;4H2,1-3H3;2*1H4. The number of halogens is 4. The van der Waals surface area contributed by atoms with Gasteiger partial charge in [0.15, 0.2) is 0 Å². The molecule has 0 amide bonds. The predicted molar refractivity (Wildman–Crippen MR) is 197 cm³/mol. The minimum Gasteiger partial charge on any atom is -0.460 e. The lowest BCUT2D eigenvalue weighted by Gasteiger charge is -2.22. The normalized spacial score (nSPS) is 19.3. The molecular weight excluding hydrogens is 750 g/mol. The zero-order valence-electron chi connectivity index (χ0n) is 28.8. The van der Waals surface area contributed by atoms with Gasteiger partial charge in [0.05, 0.1) is 29.8 Å². The molecule has 6 nitrogen and oxygen atoms in total. The van der Waals surface area contributed by atoms with Crippen LogP contribution in [-0.4, -0.2) is 39.7 Å². The molecule has 2 heterocycles. The van der Waals surface area contributed by atoms with Crippen LogP contribution in [0.3, 0.4) is 0 Å². The maximum Gasteiger partial charge on any atom is 0.317 e. The Kier molecular flexibility index (Phi) is 18.2. The van der Waals surface area contributed by atoms with Gasteiger partial charge in [-0.15, -0.1) is 0 Å². The Morgan fingerprint density at radius 2 is 1.19 bits per heavy atom. The summed E-state index contributed by atoms with van der Waals surface area (Å²) in [5.41, 5.74) is 1.44. The fourth-order valence-corrected chi connectivity index (χ4v) is 5.83. The topological polar surface area (TPSA) is 71.1 Å². The lowest BCUT2D eigenvalue weighted by molar-refractivity contribution is -0.154. The molecule has 48 heavy (non-hydrogen) atoms. The third kappa shape index (κ3) is 16.7. The van der Waals surface area contributed by atoms with Crippen LogP contribution in [0.1, 0.15) is 139 Å². The third-order valence-corrected chi connectivity index (χ3v) is 8.13. The predicted octanol–water partition coefficient (Wildman–Crippen LogP) is 11.6. The first-order valence-electron chi connectivity index (χ1n) is 15.6. The maximum atomic E-state index is 13.6. The average Bonchev–Trinajstić information content (AvgIpc) is 3.43. The van der Waals surface area contributed by atoms with Crippen LogP contribution in [0.5, 0.6) is 0 Å². The van der Waals surface area contributed by atoms with E-state index in [1.807, 2.05) is 55.4 Å². The largest absolute Gasteiger partial charge is 0.460 e. The number of esters is 2. The zero-order chi connectivity index (χ0) is 35.1. The van der Waals surface area contributed by atoms with E-state index in [9.17, 15) is 18.4 Å². The van der Waals surface area contributed by atoms with E-state index in [1.54, 1.807) is 12.1 Å². The highest BCUT2D eigenvalue weighted by atomic mass is 79.9. The van der Waals surface area contributed by atoms with Crippen LogP contribution >= 0.6 is 31.9 Å². The highest BCUT2D eigenvalue weighted by Gasteiger charge is 2.35. The van der Waals surface area contributed by atoms with Crippen molar-refractivity contribution in [1.29, 1.82) is 0 Å². The number of ether oxygens (including phenoxy) is 4. The molecule has 0 spiro atoms. The number of carbonyl (C=O) groups is 2. The van der Waals surface area contributed by atoms with Crippen LogP contribution < -0.4 is 0 Å². The van der Waals surface area contributed by atoms with Crippen molar-refractivity contribution in [2.75, 3.05) is 5.33 Å². The SMILES string of the molecule is C.C.CC(C)(C)OC(=O)CBr.CC(C)(C)OC(=O)Cc1cc(F)ccc1C1CCC(C)(C)O1.CC1(C)CCC(c2ccc(F)cc2Br)O1. The van der Waals surface area contributed by atoms with Crippen LogP contribution in [-0.2, 0) is 35.0 Å². The van der Waals surface area contributed by atoms with Crippen LogP contribution in [0.25, 0.3) is 0 Å². The number of hydrogen-bond acceptors (Lipinski definition) is 6. The van der Waals surface area contributed by atoms with Crippen molar-refractivity contribution in [1.82, 2.24) is 0 Å². The molecule has 0 aliphatic carbocycles. The van der Waals surface area contributed by atoms with E-state index < -0.39 is 5.60 Å². The maximum absolute atomic E-state index is 13.6. The Balaban J connectivity index is 0.000000740. The summed E-state index contributed by atoms with van der Waals surface area (Å²) in [5.74, 6) is -1.14. The van der Waals surface area contributed by atoms with Gasteiger partial charge in [-0.05, 0) is 136 Å². The molecule has 2 aliphatic rings. The molecule has 2 aliphatic heterocycles. The monoisotopic (exact) mass is 806 g/mol. The smallest absolute Gasteiger partial charge is 0.317 e. The summed E-state index contributed by atoms with van der Waals surface area (Å²) < 4.78 is 49.5. The second-order valence-electron chi connectivity index (χ2n) is 14.8. The molecule has 4 rings (SSSR count). The summed E-state index contributed by atoms with van der Waals surface area (Å²) in [7, 11) is 0. The molecule has 2 aromatic carbocycles. The first-order valence-corrected chi connectivity index (χ1v) is 17.5. The molecule has 2 aromatic rings. The van der Waals surface area contributed by atoms with Crippen molar-refractivity contribution in [3.05, 3.63) is 69.2 Å². The first kappa shape index (κ1) is 46.1. The number of carbonyl (C=O) groups excluding carboxylic acids is 2. The molecule has 2 fully saturated rings. The van der Waals surface area contributed by atoms with E-state index in [0.29, 0.717) is 5.56 Å². The van der Waals surface area contributed by atoms with Gasteiger partial charge in [0.2, 0.25) is 0 Å². The second-order valence-corrected chi connectivity index (χ2v) is 16.2. The minimum atomic E-state index is -0.545. The van der Waals surface area contributed by atoms with Crippen molar-refractivity contribution >= 4 is 43.8 Å². The van der Waals surface area contributed by atoms with E-state index in [4.69, 9.17) is 18.9 Å². The van der Waals surface area contributed by atoms with Gasteiger partial charge in [-0.1, -0.05) is 58.8 Å². The average molecular weight is 809 g/mol. The lowest BCUT2D eigenvalue weighted by Crippen LogP contribution is -2.25. The summed E-state index contributed by atoms with van der Waals surface area (Å²) in [6.07, 6.45) is 3.92. The Hall–Kier alpha value is -1.88. The number of alkyl halides is 1. The highest BCUT2D eigenvalue weighted by molar-refractivity contribution is 9.10. The van der Waals surface area contributed by atoms with E-state index in [1.165, 1.54) is 24.3 Å². The summed E-state index contributed by atoms with van der Waals surface area (Å²) in [4.78, 5) is 22.6. The molecule has 0 aromatic heterocycles. The van der Waals surface area contributed by atoms with Gasteiger partial charge in [-0.2, -0.15) is 0 Å². The molecule has 10 heteroatoms. The van der Waals surface area contributed by atoms with Gasteiger partial charge >= 0.3 is 11.9 Å². The van der Waals surface area contributed by atoms with Crippen molar-refractivity contribution in [2.24, 2.45) is 0 Å². The molecular formula is C38H58Br2F2O6. The highest BCUT2D eigenvalue weighted by Crippen LogP contribution is 2.42. The zero-order valence-corrected chi connectivity index (χ0v) is 32.0. The molecule has 2 unspecified atom stereocenters. The molecule has 2 saturated heterocycles. The molecule has 274 valence electrons. The fourth-order valence-electron chi connectivity index (χ4n) is 5.11. The summed E-state index contributed by atoms with van der Waals surface area (Å²) >= 11 is 6.37. The Morgan fingerprint density at radius 3 is 1.56 bits per heavy atom. The van der Waals surface area contributed by atoms with Crippen molar-refractivity contribution in [3.8, 4) is 0 Å². The van der Waals surface area contributed by atoms with Gasteiger partial charge < -0.3 is 18.9 Å². The Bertz CT molecular complexity index is 1330. The lowest BCUT2D eigenvalue weighted by atomic mass is 9.97. The second kappa shape index (κ2) is 18.9. The van der Waals surface area contributed by atoms with Crippen LogP contribution in [0.4, 0.5) is 8.78 Å². The fraction of sp³-hybridized carbons (Fsp3) is 0.632. The Morgan fingerprint density at radius 1 is 0.771 bits per heavy atom. The molecule has 0 saturated carbocycles. The minimum absolute atomic E-state index is 0. The summed E-state index contributed by atoms with van der Waals surface area (Å²) in [5, 5.41) is 0.268. The van der Waals surface area contributed by atoms with Crippen LogP contribution in [0.2, 0.25) is 0 Å².